The fourth-order valence-corrected chi connectivity index (χ4v) is 1.93. The molecule has 0 aliphatic heterocycles. The maximum atomic E-state index is 11.9. The van der Waals surface area contributed by atoms with Crippen molar-refractivity contribution in [2.75, 3.05) is 27.4 Å². The number of para-hydroxylation sites is 1. The van der Waals surface area contributed by atoms with E-state index in [4.69, 9.17) is 24.7 Å². The second-order valence-corrected chi connectivity index (χ2v) is 4.65. The Hall–Kier alpha value is -3.23. The predicted molar refractivity (Wildman–Crippen MR) is 96.7 cm³/mol. The van der Waals surface area contributed by atoms with Crippen molar-refractivity contribution in [1.82, 2.24) is 0 Å². The summed E-state index contributed by atoms with van der Waals surface area (Å²) in [5, 5.41) is 17.4. The SMILES string of the molecule is CCOC(=O)C(C(N)=N/N=C/c1cccc(OC)c1OC)=C(O)OCC. The van der Waals surface area contributed by atoms with Crippen LogP contribution in [0, 0.1) is 0 Å². The topological polar surface area (TPSA) is 125 Å². The molecular weight excluding hydrogens is 342 g/mol. The summed E-state index contributed by atoms with van der Waals surface area (Å²) in [6.07, 6.45) is 1.37. The minimum absolute atomic E-state index is 0.0965. The summed E-state index contributed by atoms with van der Waals surface area (Å²) in [6.45, 7) is 3.49. The Morgan fingerprint density at radius 1 is 1.19 bits per heavy atom. The lowest BCUT2D eigenvalue weighted by atomic mass is 10.2. The number of rotatable bonds is 9. The van der Waals surface area contributed by atoms with E-state index in [0.29, 0.717) is 17.1 Å². The second kappa shape index (κ2) is 10.6. The van der Waals surface area contributed by atoms with Crippen molar-refractivity contribution < 1.29 is 28.8 Å². The van der Waals surface area contributed by atoms with Gasteiger partial charge in [-0.15, -0.1) is 5.10 Å². The van der Waals surface area contributed by atoms with Gasteiger partial charge in [-0.05, 0) is 26.0 Å². The summed E-state index contributed by atoms with van der Waals surface area (Å²) in [5.74, 6) is -0.914. The van der Waals surface area contributed by atoms with Crippen LogP contribution in [-0.2, 0) is 14.3 Å². The first kappa shape index (κ1) is 20.8. The van der Waals surface area contributed by atoms with Gasteiger partial charge in [0.25, 0.3) is 5.95 Å². The number of benzene rings is 1. The maximum Gasteiger partial charge on any atom is 0.349 e. The third-order valence-electron chi connectivity index (χ3n) is 3.03. The van der Waals surface area contributed by atoms with E-state index in [1.165, 1.54) is 20.4 Å². The molecule has 1 aromatic rings. The van der Waals surface area contributed by atoms with Crippen molar-refractivity contribution >= 4 is 18.0 Å². The predicted octanol–water partition coefficient (Wildman–Crippen LogP) is 1.76. The highest BCUT2D eigenvalue weighted by Crippen LogP contribution is 2.29. The van der Waals surface area contributed by atoms with Gasteiger partial charge in [0.1, 0.15) is 0 Å². The molecule has 0 unspecified atom stereocenters. The molecule has 9 heteroatoms. The molecule has 0 amide bonds. The summed E-state index contributed by atoms with van der Waals surface area (Å²) in [5.41, 5.74) is 5.94. The molecule has 0 bridgehead atoms. The lowest BCUT2D eigenvalue weighted by molar-refractivity contribution is -0.138. The van der Waals surface area contributed by atoms with Gasteiger partial charge in [0.05, 0.1) is 33.6 Å². The minimum atomic E-state index is -0.867. The van der Waals surface area contributed by atoms with Gasteiger partial charge in [0.15, 0.2) is 22.9 Å². The van der Waals surface area contributed by atoms with Crippen LogP contribution >= 0.6 is 0 Å². The highest BCUT2D eigenvalue weighted by atomic mass is 16.6. The number of methoxy groups -OCH3 is 2. The minimum Gasteiger partial charge on any atom is -0.493 e. The highest BCUT2D eigenvalue weighted by Gasteiger charge is 2.22. The van der Waals surface area contributed by atoms with Gasteiger partial charge < -0.3 is 29.8 Å². The van der Waals surface area contributed by atoms with Crippen molar-refractivity contribution in [2.45, 2.75) is 13.8 Å². The third-order valence-corrected chi connectivity index (χ3v) is 3.03. The van der Waals surface area contributed by atoms with Crippen LogP contribution in [-0.4, -0.2) is 50.6 Å². The van der Waals surface area contributed by atoms with Crippen molar-refractivity contribution in [2.24, 2.45) is 15.9 Å². The number of ether oxygens (including phenoxy) is 4. The van der Waals surface area contributed by atoms with Gasteiger partial charge in [-0.25, -0.2) is 4.79 Å². The number of carbonyl (C=O) groups excluding carboxylic acids is 1. The Labute approximate surface area is 151 Å². The Balaban J connectivity index is 3.16. The molecular formula is C17H23N3O6. The first-order valence-electron chi connectivity index (χ1n) is 7.81. The molecule has 1 rings (SSSR count). The number of carbonyl (C=O) groups is 1. The summed E-state index contributed by atoms with van der Waals surface area (Å²) in [6, 6.07) is 5.21. The third kappa shape index (κ3) is 5.40. The molecule has 9 nitrogen and oxygen atoms in total. The maximum absolute atomic E-state index is 11.9. The number of hydrogen-bond acceptors (Lipinski definition) is 8. The summed E-state index contributed by atoms with van der Waals surface area (Å²) in [4.78, 5) is 11.9. The lowest BCUT2D eigenvalue weighted by Crippen LogP contribution is -2.25. The first-order chi connectivity index (χ1) is 12.5. The van der Waals surface area contributed by atoms with E-state index in [0.717, 1.165) is 0 Å². The van der Waals surface area contributed by atoms with Gasteiger partial charge >= 0.3 is 5.97 Å². The van der Waals surface area contributed by atoms with Crippen molar-refractivity contribution in [1.29, 1.82) is 0 Å². The van der Waals surface area contributed by atoms with Gasteiger partial charge in [0.2, 0.25) is 0 Å². The quantitative estimate of drug-likeness (QED) is 0.171. The standard InChI is InChI=1S/C17H23N3O6/c1-5-25-16(21)13(17(22)26-6-2)15(18)20-19-10-11-8-7-9-12(23-3)14(11)24-4/h7-10,21H,5-6H2,1-4H3,(H2,18,20)/b16-13?,19-10+. The molecule has 0 spiro atoms. The molecule has 0 aliphatic rings. The fraction of sp³-hybridized carbons (Fsp3) is 0.353. The largest absolute Gasteiger partial charge is 0.493 e. The van der Waals surface area contributed by atoms with Crippen LogP contribution in [0.4, 0.5) is 0 Å². The van der Waals surface area contributed by atoms with E-state index in [1.54, 1.807) is 32.0 Å². The zero-order valence-electron chi connectivity index (χ0n) is 15.2. The second-order valence-electron chi connectivity index (χ2n) is 4.65. The first-order valence-corrected chi connectivity index (χ1v) is 7.81. The monoisotopic (exact) mass is 365 g/mol. The lowest BCUT2D eigenvalue weighted by Gasteiger charge is -2.09. The number of aliphatic hydroxyl groups excluding tert-OH is 1. The molecule has 26 heavy (non-hydrogen) atoms. The van der Waals surface area contributed by atoms with Crippen molar-refractivity contribution in [3.05, 3.63) is 35.3 Å². The van der Waals surface area contributed by atoms with Crippen LogP contribution in [0.15, 0.2) is 39.9 Å². The molecule has 0 heterocycles. The average Bonchev–Trinajstić information content (AvgIpc) is 2.62. The molecule has 1 aromatic carbocycles. The van der Waals surface area contributed by atoms with E-state index in [-0.39, 0.29) is 19.0 Å². The van der Waals surface area contributed by atoms with Gasteiger partial charge in [-0.3, -0.25) is 0 Å². The molecule has 0 aromatic heterocycles. The molecule has 0 aliphatic carbocycles. The Bertz CT molecular complexity index is 712. The van der Waals surface area contributed by atoms with E-state index in [1.807, 2.05) is 0 Å². The van der Waals surface area contributed by atoms with E-state index in [9.17, 15) is 9.90 Å². The molecule has 0 atom stereocenters. The summed E-state index contributed by atoms with van der Waals surface area (Å²) >= 11 is 0. The Kier molecular flexibility index (Phi) is 8.48. The van der Waals surface area contributed by atoms with Crippen LogP contribution in [0.3, 0.4) is 0 Å². The summed E-state index contributed by atoms with van der Waals surface area (Å²) < 4.78 is 20.2. The zero-order chi connectivity index (χ0) is 19.5. The number of esters is 1. The average molecular weight is 365 g/mol. The van der Waals surface area contributed by atoms with Gasteiger partial charge in [-0.2, -0.15) is 5.10 Å². The van der Waals surface area contributed by atoms with E-state index >= 15 is 0 Å². The molecule has 0 saturated heterocycles. The molecule has 0 saturated carbocycles. The van der Waals surface area contributed by atoms with Crippen molar-refractivity contribution in [3.8, 4) is 11.5 Å². The number of amidine groups is 1. The van der Waals surface area contributed by atoms with E-state index < -0.39 is 17.5 Å². The number of hydrogen-bond donors (Lipinski definition) is 2. The van der Waals surface area contributed by atoms with Crippen LogP contribution in [0.1, 0.15) is 19.4 Å². The number of nitrogens with zero attached hydrogens (tertiary/aromatic N) is 2. The van der Waals surface area contributed by atoms with Crippen molar-refractivity contribution in [3.63, 3.8) is 0 Å². The van der Waals surface area contributed by atoms with Crippen LogP contribution < -0.4 is 15.2 Å². The zero-order valence-corrected chi connectivity index (χ0v) is 15.2. The fourth-order valence-electron chi connectivity index (χ4n) is 1.93. The van der Waals surface area contributed by atoms with E-state index in [2.05, 4.69) is 10.2 Å². The Morgan fingerprint density at radius 2 is 1.88 bits per heavy atom. The van der Waals surface area contributed by atoms with Gasteiger partial charge in [-0.1, -0.05) is 6.07 Å². The van der Waals surface area contributed by atoms with Crippen LogP contribution in [0.5, 0.6) is 11.5 Å². The van der Waals surface area contributed by atoms with Crippen LogP contribution in [0.2, 0.25) is 0 Å². The summed E-state index contributed by atoms with van der Waals surface area (Å²) in [7, 11) is 3.01. The normalized spacial score (nSPS) is 12.5. The molecule has 0 radical (unpaired) electrons. The van der Waals surface area contributed by atoms with Gasteiger partial charge in [0, 0.05) is 5.56 Å². The highest BCUT2D eigenvalue weighted by molar-refractivity contribution is 6.18. The smallest absolute Gasteiger partial charge is 0.349 e. The molecule has 3 N–H and O–H groups in total. The Morgan fingerprint density at radius 3 is 2.46 bits per heavy atom. The number of nitrogens with two attached hydrogens (primary N) is 1. The molecule has 0 fully saturated rings. The number of aliphatic hydroxyl groups is 1. The molecule has 142 valence electrons. The van der Waals surface area contributed by atoms with Crippen LogP contribution in [0.25, 0.3) is 0 Å².